The highest BCUT2D eigenvalue weighted by Crippen LogP contribution is 2.25. The fourth-order valence-electron chi connectivity index (χ4n) is 1.38. The van der Waals surface area contributed by atoms with E-state index in [0.717, 1.165) is 11.1 Å². The standard InChI is InChI=1S/C11H13F3N2O2/c1-7-2-3-15-4-8(7)5-16-6-9(10(17)18)11(12,13)14/h2-4,9,16H,5-6H2,1H3,(H,17,18). The van der Waals surface area contributed by atoms with Crippen LogP contribution in [-0.4, -0.2) is 28.8 Å². The molecule has 0 saturated carbocycles. The highest BCUT2D eigenvalue weighted by molar-refractivity contribution is 5.71. The molecule has 1 heterocycles. The number of alkyl halides is 3. The normalized spacial score (nSPS) is 13.3. The second kappa shape index (κ2) is 5.81. The van der Waals surface area contributed by atoms with Crippen molar-refractivity contribution >= 4 is 5.97 Å². The summed E-state index contributed by atoms with van der Waals surface area (Å²) in [5, 5.41) is 11.0. The lowest BCUT2D eigenvalue weighted by Gasteiger charge is -2.16. The predicted octanol–water partition coefficient (Wildman–Crippen LogP) is 1.74. The molecule has 1 aromatic heterocycles. The van der Waals surface area contributed by atoms with E-state index in [2.05, 4.69) is 10.3 Å². The molecule has 7 heteroatoms. The smallest absolute Gasteiger partial charge is 0.403 e. The van der Waals surface area contributed by atoms with Crippen molar-refractivity contribution in [1.29, 1.82) is 0 Å². The largest absolute Gasteiger partial charge is 0.481 e. The van der Waals surface area contributed by atoms with E-state index in [4.69, 9.17) is 5.11 Å². The van der Waals surface area contributed by atoms with Crippen LogP contribution in [0.5, 0.6) is 0 Å². The molecular formula is C11H13F3N2O2. The third-order valence-corrected chi connectivity index (χ3v) is 2.50. The van der Waals surface area contributed by atoms with Crippen LogP contribution < -0.4 is 5.32 Å². The molecule has 18 heavy (non-hydrogen) atoms. The van der Waals surface area contributed by atoms with Gasteiger partial charge in [0.15, 0.2) is 5.92 Å². The van der Waals surface area contributed by atoms with E-state index in [1.165, 1.54) is 6.20 Å². The lowest BCUT2D eigenvalue weighted by molar-refractivity contribution is -0.192. The molecule has 0 amide bonds. The Bertz CT molecular complexity index is 421. The fraction of sp³-hybridized carbons (Fsp3) is 0.455. The number of aryl methyl sites for hydroxylation is 1. The molecule has 1 unspecified atom stereocenters. The van der Waals surface area contributed by atoms with Gasteiger partial charge in [-0.3, -0.25) is 9.78 Å². The first-order valence-corrected chi connectivity index (χ1v) is 5.22. The summed E-state index contributed by atoms with van der Waals surface area (Å²) in [4.78, 5) is 14.3. The number of aliphatic carboxylic acids is 1. The highest BCUT2D eigenvalue weighted by atomic mass is 19.4. The first-order valence-electron chi connectivity index (χ1n) is 5.22. The summed E-state index contributed by atoms with van der Waals surface area (Å²) in [6.45, 7) is 1.30. The van der Waals surface area contributed by atoms with E-state index in [1.54, 1.807) is 19.2 Å². The van der Waals surface area contributed by atoms with Gasteiger partial charge in [-0.1, -0.05) is 0 Å². The van der Waals surface area contributed by atoms with Crippen molar-refractivity contribution in [2.45, 2.75) is 19.6 Å². The maximum atomic E-state index is 12.3. The monoisotopic (exact) mass is 262 g/mol. The third-order valence-electron chi connectivity index (χ3n) is 2.50. The van der Waals surface area contributed by atoms with Crippen LogP contribution in [-0.2, 0) is 11.3 Å². The van der Waals surface area contributed by atoms with Crippen molar-refractivity contribution in [2.24, 2.45) is 5.92 Å². The van der Waals surface area contributed by atoms with E-state index >= 15 is 0 Å². The van der Waals surface area contributed by atoms with Crippen molar-refractivity contribution in [3.8, 4) is 0 Å². The van der Waals surface area contributed by atoms with Gasteiger partial charge in [-0.15, -0.1) is 0 Å². The Morgan fingerprint density at radius 1 is 1.56 bits per heavy atom. The van der Waals surface area contributed by atoms with Gasteiger partial charge in [0.2, 0.25) is 0 Å². The van der Waals surface area contributed by atoms with E-state index in [-0.39, 0.29) is 6.54 Å². The number of aromatic nitrogens is 1. The van der Waals surface area contributed by atoms with E-state index < -0.39 is 24.6 Å². The summed E-state index contributed by atoms with van der Waals surface area (Å²) < 4.78 is 37.0. The molecule has 1 aromatic rings. The van der Waals surface area contributed by atoms with Gasteiger partial charge in [0.1, 0.15) is 0 Å². The van der Waals surface area contributed by atoms with Gasteiger partial charge < -0.3 is 10.4 Å². The first-order chi connectivity index (χ1) is 8.32. The molecule has 0 aliphatic rings. The van der Waals surface area contributed by atoms with Crippen LogP contribution in [0.3, 0.4) is 0 Å². The molecule has 0 aromatic carbocycles. The topological polar surface area (TPSA) is 62.2 Å². The van der Waals surface area contributed by atoms with Crippen molar-refractivity contribution in [1.82, 2.24) is 10.3 Å². The van der Waals surface area contributed by atoms with Crippen molar-refractivity contribution < 1.29 is 23.1 Å². The Hall–Kier alpha value is -1.63. The molecule has 0 spiro atoms. The van der Waals surface area contributed by atoms with Gasteiger partial charge in [0.05, 0.1) is 0 Å². The Balaban J connectivity index is 2.55. The average molecular weight is 262 g/mol. The maximum absolute atomic E-state index is 12.3. The SMILES string of the molecule is Cc1ccncc1CNCC(C(=O)O)C(F)(F)F. The van der Waals surface area contributed by atoms with Crippen LogP contribution in [0.25, 0.3) is 0 Å². The summed E-state index contributed by atoms with van der Waals surface area (Å²) in [7, 11) is 0. The van der Waals surface area contributed by atoms with Gasteiger partial charge in [0.25, 0.3) is 0 Å². The minimum atomic E-state index is -4.75. The summed E-state index contributed by atoms with van der Waals surface area (Å²) in [5.41, 5.74) is 1.63. The van der Waals surface area contributed by atoms with E-state index in [9.17, 15) is 18.0 Å². The quantitative estimate of drug-likeness (QED) is 0.848. The number of hydrogen-bond donors (Lipinski definition) is 2. The molecule has 0 aliphatic heterocycles. The summed E-state index contributed by atoms with van der Waals surface area (Å²) >= 11 is 0. The van der Waals surface area contributed by atoms with Crippen LogP contribution in [0.2, 0.25) is 0 Å². The average Bonchev–Trinajstić information content (AvgIpc) is 2.24. The second-order valence-electron chi connectivity index (χ2n) is 3.87. The Morgan fingerprint density at radius 3 is 2.72 bits per heavy atom. The molecule has 100 valence electrons. The number of pyridine rings is 1. The number of hydrogen-bond acceptors (Lipinski definition) is 3. The zero-order chi connectivity index (χ0) is 13.8. The summed E-state index contributed by atoms with van der Waals surface area (Å²) in [6.07, 6.45) is -1.64. The Labute approximate surface area is 102 Å². The molecular weight excluding hydrogens is 249 g/mol. The van der Waals surface area contributed by atoms with Crippen LogP contribution in [0, 0.1) is 12.8 Å². The number of carboxylic acids is 1. The molecule has 1 atom stereocenters. The Morgan fingerprint density at radius 2 is 2.22 bits per heavy atom. The zero-order valence-electron chi connectivity index (χ0n) is 9.66. The van der Waals surface area contributed by atoms with Gasteiger partial charge in [-0.05, 0) is 24.1 Å². The molecule has 0 bridgehead atoms. The lowest BCUT2D eigenvalue weighted by Crippen LogP contribution is -2.38. The number of nitrogens with zero attached hydrogens (tertiary/aromatic N) is 1. The van der Waals surface area contributed by atoms with Crippen LogP contribution in [0.4, 0.5) is 13.2 Å². The lowest BCUT2D eigenvalue weighted by atomic mass is 10.1. The maximum Gasteiger partial charge on any atom is 0.403 e. The summed E-state index contributed by atoms with van der Waals surface area (Å²) in [5.74, 6) is -4.27. The van der Waals surface area contributed by atoms with Gasteiger partial charge in [0, 0.05) is 25.5 Å². The molecule has 0 saturated heterocycles. The van der Waals surface area contributed by atoms with Crippen LogP contribution in [0.1, 0.15) is 11.1 Å². The van der Waals surface area contributed by atoms with Crippen LogP contribution >= 0.6 is 0 Å². The molecule has 2 N–H and O–H groups in total. The van der Waals surface area contributed by atoms with Gasteiger partial charge >= 0.3 is 12.1 Å². The molecule has 1 rings (SSSR count). The number of carboxylic acid groups (broad SMARTS) is 1. The Kier molecular flexibility index (Phi) is 4.66. The molecule has 0 aliphatic carbocycles. The van der Waals surface area contributed by atoms with Gasteiger partial charge in [-0.2, -0.15) is 13.2 Å². The third kappa shape index (κ3) is 3.99. The first kappa shape index (κ1) is 14.4. The van der Waals surface area contributed by atoms with E-state index in [1.807, 2.05) is 0 Å². The molecule has 4 nitrogen and oxygen atoms in total. The van der Waals surface area contributed by atoms with Crippen molar-refractivity contribution in [3.63, 3.8) is 0 Å². The summed E-state index contributed by atoms with van der Waals surface area (Å²) in [6, 6.07) is 1.73. The van der Waals surface area contributed by atoms with E-state index in [0.29, 0.717) is 0 Å². The number of rotatable bonds is 5. The minimum absolute atomic E-state index is 0.152. The van der Waals surface area contributed by atoms with Crippen molar-refractivity contribution in [3.05, 3.63) is 29.6 Å². The number of halogens is 3. The zero-order valence-corrected chi connectivity index (χ0v) is 9.66. The minimum Gasteiger partial charge on any atom is -0.481 e. The second-order valence-corrected chi connectivity index (χ2v) is 3.87. The van der Waals surface area contributed by atoms with Crippen LogP contribution in [0.15, 0.2) is 18.5 Å². The van der Waals surface area contributed by atoms with Crippen molar-refractivity contribution in [2.75, 3.05) is 6.54 Å². The van der Waals surface area contributed by atoms with Gasteiger partial charge in [-0.25, -0.2) is 0 Å². The number of carbonyl (C=O) groups is 1. The highest BCUT2D eigenvalue weighted by Gasteiger charge is 2.44. The fourth-order valence-corrected chi connectivity index (χ4v) is 1.38. The number of nitrogens with one attached hydrogen (secondary N) is 1. The molecule has 0 fully saturated rings. The molecule has 0 radical (unpaired) electrons. The predicted molar refractivity (Wildman–Crippen MR) is 57.9 cm³/mol.